The fraction of sp³-hybridized carbons (Fsp3) is 0.435. The van der Waals surface area contributed by atoms with Gasteiger partial charge in [-0.2, -0.15) is 0 Å². The van der Waals surface area contributed by atoms with Crippen molar-refractivity contribution in [3.63, 3.8) is 0 Å². The second-order valence-electron chi connectivity index (χ2n) is 7.65. The van der Waals surface area contributed by atoms with Crippen LogP contribution in [0.5, 0.6) is 11.5 Å². The lowest BCUT2D eigenvalue weighted by molar-refractivity contribution is 0.176. The summed E-state index contributed by atoms with van der Waals surface area (Å²) in [6.45, 7) is 6.19. The van der Waals surface area contributed by atoms with E-state index in [2.05, 4.69) is 46.4 Å². The van der Waals surface area contributed by atoms with Crippen LogP contribution in [0.2, 0.25) is 0 Å². The van der Waals surface area contributed by atoms with E-state index in [0.29, 0.717) is 24.0 Å². The van der Waals surface area contributed by atoms with Gasteiger partial charge in [0.15, 0.2) is 17.5 Å². The Morgan fingerprint density at radius 3 is 2.57 bits per heavy atom. The van der Waals surface area contributed by atoms with Gasteiger partial charge in [-0.1, -0.05) is 31.2 Å². The molecular formula is C23H33IN4O2. The first-order chi connectivity index (χ1) is 14.1. The average molecular weight is 524 g/mol. The van der Waals surface area contributed by atoms with Crippen molar-refractivity contribution in [1.29, 1.82) is 0 Å². The van der Waals surface area contributed by atoms with Gasteiger partial charge >= 0.3 is 0 Å². The molecule has 1 atom stereocenters. The number of ether oxygens (including phenoxy) is 2. The quantitative estimate of drug-likeness (QED) is 0.318. The van der Waals surface area contributed by atoms with Crippen molar-refractivity contribution >= 4 is 35.6 Å². The molecule has 1 fully saturated rings. The van der Waals surface area contributed by atoms with Crippen LogP contribution < -0.4 is 20.5 Å². The van der Waals surface area contributed by atoms with Gasteiger partial charge in [0.05, 0.1) is 20.8 Å². The molecule has 1 aliphatic rings. The number of rotatable bonds is 7. The second-order valence-corrected chi connectivity index (χ2v) is 7.65. The number of guanidine groups is 1. The Bertz CT molecular complexity index is 844. The number of nitrogens with one attached hydrogen (secondary N) is 1. The van der Waals surface area contributed by atoms with Crippen molar-refractivity contribution in [3.05, 3.63) is 53.6 Å². The molecule has 3 rings (SSSR count). The molecule has 1 heterocycles. The highest BCUT2D eigenvalue weighted by atomic mass is 127. The van der Waals surface area contributed by atoms with Gasteiger partial charge in [-0.25, -0.2) is 4.99 Å². The molecule has 0 radical (unpaired) electrons. The Morgan fingerprint density at radius 1 is 1.13 bits per heavy atom. The zero-order chi connectivity index (χ0) is 20.6. The van der Waals surface area contributed by atoms with Gasteiger partial charge in [0.25, 0.3) is 0 Å². The van der Waals surface area contributed by atoms with Crippen molar-refractivity contribution in [1.82, 2.24) is 4.90 Å². The van der Waals surface area contributed by atoms with Crippen molar-refractivity contribution in [2.45, 2.75) is 32.9 Å². The molecular weight excluding hydrogens is 491 g/mol. The van der Waals surface area contributed by atoms with E-state index in [4.69, 9.17) is 15.2 Å². The van der Waals surface area contributed by atoms with Crippen LogP contribution in [0.1, 0.15) is 30.9 Å². The lowest BCUT2D eigenvalue weighted by Gasteiger charge is -2.31. The minimum Gasteiger partial charge on any atom is -0.493 e. The molecule has 1 aliphatic heterocycles. The number of piperidine rings is 1. The number of nitrogens with two attached hydrogens (primary N) is 1. The van der Waals surface area contributed by atoms with Gasteiger partial charge in [-0.15, -0.1) is 24.0 Å². The van der Waals surface area contributed by atoms with Crippen molar-refractivity contribution < 1.29 is 9.47 Å². The van der Waals surface area contributed by atoms with Crippen LogP contribution in [0, 0.1) is 5.92 Å². The van der Waals surface area contributed by atoms with E-state index in [-0.39, 0.29) is 24.0 Å². The molecule has 0 aliphatic carbocycles. The van der Waals surface area contributed by atoms with Gasteiger partial charge < -0.3 is 20.5 Å². The minimum absolute atomic E-state index is 0. The predicted octanol–water partition coefficient (Wildman–Crippen LogP) is 4.48. The summed E-state index contributed by atoms with van der Waals surface area (Å²) in [5.41, 5.74) is 9.46. The largest absolute Gasteiger partial charge is 0.493 e. The Morgan fingerprint density at radius 2 is 1.87 bits per heavy atom. The van der Waals surface area contributed by atoms with Crippen LogP contribution in [-0.2, 0) is 13.1 Å². The third-order valence-corrected chi connectivity index (χ3v) is 5.33. The summed E-state index contributed by atoms with van der Waals surface area (Å²) in [4.78, 5) is 7.09. The van der Waals surface area contributed by atoms with E-state index in [1.165, 1.54) is 37.1 Å². The third kappa shape index (κ3) is 6.77. The molecule has 1 unspecified atom stereocenters. The standard InChI is InChI=1S/C23H32N4O2.HI/c1-17-7-6-12-27(15-17)16-19-9-5-4-8-18(19)14-25-23(24)26-20-10-11-21(28-2)22(13-20)29-3;/h4-5,8-11,13,17H,6-7,12,14-16H2,1-3H3,(H3,24,25,26);1H. The van der Waals surface area contributed by atoms with Gasteiger partial charge in [-0.05, 0) is 48.6 Å². The molecule has 2 aromatic carbocycles. The topological polar surface area (TPSA) is 72.1 Å². The summed E-state index contributed by atoms with van der Waals surface area (Å²) in [6.07, 6.45) is 2.62. The third-order valence-electron chi connectivity index (χ3n) is 5.33. The van der Waals surface area contributed by atoms with Crippen LogP contribution in [0.15, 0.2) is 47.5 Å². The Labute approximate surface area is 196 Å². The van der Waals surface area contributed by atoms with Crippen molar-refractivity contribution in [3.8, 4) is 11.5 Å². The van der Waals surface area contributed by atoms with E-state index in [1.807, 2.05) is 18.2 Å². The molecule has 0 saturated carbocycles. The van der Waals surface area contributed by atoms with Crippen LogP contribution >= 0.6 is 24.0 Å². The van der Waals surface area contributed by atoms with Crippen molar-refractivity contribution in [2.75, 3.05) is 32.6 Å². The number of halogens is 1. The van der Waals surface area contributed by atoms with E-state index in [9.17, 15) is 0 Å². The average Bonchev–Trinajstić information content (AvgIpc) is 2.73. The highest BCUT2D eigenvalue weighted by molar-refractivity contribution is 14.0. The number of anilines is 1. The maximum atomic E-state index is 6.12. The highest BCUT2D eigenvalue weighted by Crippen LogP contribution is 2.29. The molecule has 0 aromatic heterocycles. The molecule has 2 aromatic rings. The normalized spacial score (nSPS) is 17.2. The molecule has 1 saturated heterocycles. The Balaban J connectivity index is 0.00000320. The number of aliphatic imine (C=N–C) groups is 1. The van der Waals surface area contributed by atoms with Gasteiger partial charge in [0.1, 0.15) is 0 Å². The molecule has 3 N–H and O–H groups in total. The molecule has 6 nitrogen and oxygen atoms in total. The Kier molecular flexibility index (Phi) is 9.71. The predicted molar refractivity (Wildman–Crippen MR) is 134 cm³/mol. The lowest BCUT2D eigenvalue weighted by atomic mass is 9.99. The number of hydrogen-bond donors (Lipinski definition) is 2. The number of methoxy groups -OCH3 is 2. The molecule has 7 heteroatoms. The smallest absolute Gasteiger partial charge is 0.193 e. The number of benzene rings is 2. The van der Waals surface area contributed by atoms with Crippen LogP contribution in [-0.4, -0.2) is 38.2 Å². The van der Waals surface area contributed by atoms with Crippen LogP contribution in [0.3, 0.4) is 0 Å². The van der Waals surface area contributed by atoms with E-state index < -0.39 is 0 Å². The number of hydrogen-bond acceptors (Lipinski definition) is 4. The van der Waals surface area contributed by atoms with E-state index >= 15 is 0 Å². The summed E-state index contributed by atoms with van der Waals surface area (Å²) < 4.78 is 10.6. The fourth-order valence-electron chi connectivity index (χ4n) is 3.81. The molecule has 30 heavy (non-hydrogen) atoms. The van der Waals surface area contributed by atoms with E-state index in [1.54, 1.807) is 14.2 Å². The first kappa shape index (κ1) is 24.3. The summed E-state index contributed by atoms with van der Waals surface area (Å²) >= 11 is 0. The fourth-order valence-corrected chi connectivity index (χ4v) is 3.81. The number of likely N-dealkylation sites (tertiary alicyclic amines) is 1. The Hall–Kier alpha value is -2.00. The first-order valence-electron chi connectivity index (χ1n) is 10.2. The second kappa shape index (κ2) is 12.0. The molecule has 0 amide bonds. The molecule has 0 bridgehead atoms. The summed E-state index contributed by atoms with van der Waals surface area (Å²) in [6, 6.07) is 14.1. The lowest BCUT2D eigenvalue weighted by Crippen LogP contribution is -2.34. The maximum Gasteiger partial charge on any atom is 0.193 e. The monoisotopic (exact) mass is 524 g/mol. The maximum absolute atomic E-state index is 6.12. The first-order valence-corrected chi connectivity index (χ1v) is 10.2. The zero-order valence-electron chi connectivity index (χ0n) is 18.1. The minimum atomic E-state index is 0. The highest BCUT2D eigenvalue weighted by Gasteiger charge is 2.17. The summed E-state index contributed by atoms with van der Waals surface area (Å²) in [5, 5.41) is 3.13. The number of nitrogens with zero attached hydrogens (tertiary/aromatic N) is 2. The van der Waals surface area contributed by atoms with Gasteiger partial charge in [0.2, 0.25) is 0 Å². The van der Waals surface area contributed by atoms with Crippen LogP contribution in [0.4, 0.5) is 5.69 Å². The van der Waals surface area contributed by atoms with Crippen LogP contribution in [0.25, 0.3) is 0 Å². The summed E-state index contributed by atoms with van der Waals surface area (Å²) in [7, 11) is 3.22. The van der Waals surface area contributed by atoms with Gasteiger partial charge in [-0.3, -0.25) is 4.90 Å². The SMILES string of the molecule is COc1ccc(NC(N)=NCc2ccccc2CN2CCCC(C)C2)cc1OC.I. The van der Waals surface area contributed by atoms with Gasteiger partial charge in [0, 0.05) is 24.8 Å². The molecule has 164 valence electrons. The van der Waals surface area contributed by atoms with E-state index in [0.717, 1.165) is 18.2 Å². The molecule has 0 spiro atoms. The zero-order valence-corrected chi connectivity index (χ0v) is 20.4. The van der Waals surface area contributed by atoms with Crippen molar-refractivity contribution in [2.24, 2.45) is 16.6 Å². The summed E-state index contributed by atoms with van der Waals surface area (Å²) in [5.74, 6) is 2.47.